The molecule has 0 aliphatic heterocycles. The van der Waals surface area contributed by atoms with E-state index < -0.39 is 10.9 Å². The lowest BCUT2D eigenvalue weighted by Gasteiger charge is -2.22. The average molecular weight is 1290 g/mol. The monoisotopic (exact) mass is 1280 g/mol. The molecule has 0 aliphatic rings. The highest BCUT2D eigenvalue weighted by atomic mass is 32.2. The summed E-state index contributed by atoms with van der Waals surface area (Å²) in [5.74, 6) is 5.12. The van der Waals surface area contributed by atoms with Crippen LogP contribution in [0.25, 0.3) is 0 Å². The summed E-state index contributed by atoms with van der Waals surface area (Å²) in [5.41, 5.74) is 0. The van der Waals surface area contributed by atoms with Crippen LogP contribution in [0.4, 0.5) is 0 Å². The van der Waals surface area contributed by atoms with Gasteiger partial charge in [-0.1, -0.05) is 368 Å². The van der Waals surface area contributed by atoms with Crippen molar-refractivity contribution in [1.29, 1.82) is 0 Å². The van der Waals surface area contributed by atoms with Gasteiger partial charge in [0.2, 0.25) is 0 Å². The smallest absolute Gasteiger partial charge is 0.250 e. The van der Waals surface area contributed by atoms with Gasteiger partial charge in [-0.25, -0.2) is 0 Å². The van der Waals surface area contributed by atoms with Gasteiger partial charge in [-0.15, -0.1) is 0 Å². The molecule has 6 nitrogen and oxygen atoms in total. The van der Waals surface area contributed by atoms with Crippen LogP contribution in [0.15, 0.2) is 69.3 Å². The van der Waals surface area contributed by atoms with Crippen molar-refractivity contribution in [2.45, 2.75) is 403 Å². The summed E-state index contributed by atoms with van der Waals surface area (Å²) in [7, 11) is -0.776. The van der Waals surface area contributed by atoms with Gasteiger partial charge in [0, 0.05) is 24.3 Å². The van der Waals surface area contributed by atoms with E-state index in [-0.39, 0.29) is 0 Å². The van der Waals surface area contributed by atoms with Crippen molar-refractivity contribution in [1.82, 2.24) is 0 Å². The molecule has 0 radical (unpaired) electrons. The maximum absolute atomic E-state index is 7.30. The Balaban J connectivity index is 2.21. The highest BCUT2D eigenvalue weighted by Gasteiger charge is 2.43. The summed E-state index contributed by atoms with van der Waals surface area (Å²) in [6, 6.07) is 20.1. The normalized spacial score (nSPS) is 11.5. The highest BCUT2D eigenvalue weighted by molar-refractivity contribution is 7.97. The van der Waals surface area contributed by atoms with Gasteiger partial charge in [-0.2, -0.15) is 0 Å². The third-order valence-electron chi connectivity index (χ3n) is 18.4. The van der Waals surface area contributed by atoms with Crippen LogP contribution in [0.2, 0.25) is 0 Å². The van der Waals surface area contributed by atoms with Crippen molar-refractivity contribution in [3.8, 4) is 34.5 Å². The minimum Gasteiger partial charge on any atom is -0.493 e. The fourth-order valence-electron chi connectivity index (χ4n) is 12.6. The molecule has 524 valence electrons. The van der Waals surface area contributed by atoms with Crippen molar-refractivity contribution in [3.63, 3.8) is 0 Å². The fourth-order valence-corrected chi connectivity index (χ4v) is 15.0. The van der Waals surface area contributed by atoms with E-state index in [0.717, 1.165) is 82.8 Å². The van der Waals surface area contributed by atoms with Gasteiger partial charge in [0.15, 0.2) is 27.9 Å². The Labute approximate surface area is 567 Å². The first-order valence-electron chi connectivity index (χ1n) is 40.0. The quantitative estimate of drug-likeness (QED) is 0.0415. The second kappa shape index (κ2) is 61.7. The maximum Gasteiger partial charge on any atom is 0.250 e. The largest absolute Gasteiger partial charge is 0.493 e. The summed E-state index contributed by atoms with van der Waals surface area (Å²) in [6.45, 7) is 17.8. The van der Waals surface area contributed by atoms with Crippen LogP contribution in [-0.2, 0) is 10.9 Å². The fraction of sp³-hybridized carbons (Fsp3) is 0.786. The van der Waals surface area contributed by atoms with Gasteiger partial charge in [0.1, 0.15) is 22.4 Å². The van der Waals surface area contributed by atoms with Crippen molar-refractivity contribution in [2.24, 2.45) is 0 Å². The van der Waals surface area contributed by atoms with E-state index in [1.807, 2.05) is 0 Å². The van der Waals surface area contributed by atoms with Crippen LogP contribution in [0.1, 0.15) is 388 Å². The number of benzene rings is 3. The number of hydrogen-bond acceptors (Lipinski definition) is 6. The molecule has 0 bridgehead atoms. The lowest BCUT2D eigenvalue weighted by atomic mass is 10.1. The first kappa shape index (κ1) is 82.0. The predicted molar refractivity (Wildman–Crippen MR) is 398 cm³/mol. The molecule has 3 aromatic carbocycles. The molecule has 7 heteroatoms. The number of unbranched alkanes of at least 4 members (excludes halogenated alkanes) is 48. The molecule has 0 aliphatic carbocycles. The van der Waals surface area contributed by atoms with Crippen LogP contribution in [0.5, 0.6) is 34.5 Å². The van der Waals surface area contributed by atoms with Crippen molar-refractivity contribution >= 4 is 10.9 Å². The third kappa shape index (κ3) is 42.8. The molecular formula is C84H147O6S+. The Kier molecular flexibility index (Phi) is 55.6. The van der Waals surface area contributed by atoms with Gasteiger partial charge >= 0.3 is 0 Å². The zero-order chi connectivity index (χ0) is 64.8. The van der Waals surface area contributed by atoms with Gasteiger partial charge in [0.05, 0.1) is 39.6 Å². The summed E-state index contributed by atoms with van der Waals surface area (Å²) in [5, 5.41) is 0. The van der Waals surface area contributed by atoms with Crippen molar-refractivity contribution in [3.05, 3.63) is 54.6 Å². The summed E-state index contributed by atoms with van der Waals surface area (Å²) >= 11 is 0. The van der Waals surface area contributed by atoms with Crippen molar-refractivity contribution in [2.75, 3.05) is 39.6 Å². The third-order valence-corrected chi connectivity index (χ3v) is 20.8. The zero-order valence-corrected chi connectivity index (χ0v) is 61.8. The minimum atomic E-state index is -0.776. The minimum absolute atomic E-state index is 0.643. The standard InChI is InChI=1S/C84H147O6S/c1-7-13-19-25-31-37-43-49-58-66-85-76-72-79(87-68-60-51-45-39-33-27-21-15-9-3)83(80(73-76)88-69-61-52-46-40-34-28-22-16-10-4)91(78-64-56-55-57-65-78)84-81(89-70-62-53-47-41-35-29-23-17-11-5)74-77(86-67-59-50-44-38-32-26-20-14-8-2)75-82(84)90-71-63-54-48-42-36-30-24-18-12-6/h55-57,64-65,72-75H,7-54,58-63,66-71H2,1-6H3/q+1. The SMILES string of the molecule is CCCCCCCCCCCOc1cc(OCCCCCCCCCCC)c([S+](c2ccccc2)c2c(OCCCCCCCCCCC)cc(OCCCCCCCCCCC)cc2OCCCCCCCCCCC)c(OCCCCCCCCCCC)c1. The van der Waals surface area contributed by atoms with Gasteiger partial charge in [-0.3, -0.25) is 0 Å². The van der Waals surface area contributed by atoms with Crippen molar-refractivity contribution < 1.29 is 28.4 Å². The molecule has 0 spiro atoms. The zero-order valence-electron chi connectivity index (χ0n) is 61.0. The van der Waals surface area contributed by atoms with Gasteiger partial charge < -0.3 is 28.4 Å². The van der Waals surface area contributed by atoms with Gasteiger partial charge in [0.25, 0.3) is 9.79 Å². The lowest BCUT2D eigenvalue weighted by molar-refractivity contribution is 0.263. The van der Waals surface area contributed by atoms with E-state index in [4.69, 9.17) is 28.4 Å². The van der Waals surface area contributed by atoms with E-state index in [1.54, 1.807) is 0 Å². The molecule has 3 rings (SSSR count). The molecule has 0 atom stereocenters. The Hall–Kier alpha value is -3.19. The molecular weight excluding hydrogens is 1140 g/mol. The molecule has 0 saturated carbocycles. The van der Waals surface area contributed by atoms with E-state index in [9.17, 15) is 0 Å². The average Bonchev–Trinajstić information content (AvgIpc) is 0.810. The van der Waals surface area contributed by atoms with Crippen LogP contribution >= 0.6 is 0 Å². The first-order valence-corrected chi connectivity index (χ1v) is 41.3. The van der Waals surface area contributed by atoms with E-state index in [0.29, 0.717) is 39.6 Å². The topological polar surface area (TPSA) is 55.4 Å². The Bertz CT molecular complexity index is 1810. The number of ether oxygens (including phenoxy) is 6. The van der Waals surface area contributed by atoms with Crippen LogP contribution in [-0.4, -0.2) is 39.6 Å². The van der Waals surface area contributed by atoms with E-state index in [2.05, 4.69) is 96.1 Å². The maximum atomic E-state index is 7.30. The lowest BCUT2D eigenvalue weighted by Crippen LogP contribution is -2.15. The molecule has 0 aromatic heterocycles. The number of hydrogen-bond donors (Lipinski definition) is 0. The summed E-state index contributed by atoms with van der Waals surface area (Å²) in [6.07, 6.45) is 68.8. The predicted octanol–water partition coefficient (Wildman–Crippen LogP) is 28.2. The number of rotatable bonds is 69. The van der Waals surface area contributed by atoms with Crippen LogP contribution < -0.4 is 28.4 Å². The Morgan fingerprint density at radius 1 is 0.209 bits per heavy atom. The molecule has 0 amide bonds. The molecule has 0 unspecified atom stereocenters. The van der Waals surface area contributed by atoms with E-state index in [1.165, 1.54) is 313 Å². The Morgan fingerprint density at radius 2 is 0.385 bits per heavy atom. The summed E-state index contributed by atoms with van der Waals surface area (Å²) in [4.78, 5) is 3.33. The van der Waals surface area contributed by atoms with Crippen LogP contribution in [0.3, 0.4) is 0 Å². The molecule has 0 saturated heterocycles. The second-order valence-electron chi connectivity index (χ2n) is 27.2. The summed E-state index contributed by atoms with van der Waals surface area (Å²) < 4.78 is 42.9. The molecule has 3 aromatic rings. The first-order chi connectivity index (χ1) is 45.1. The molecule has 0 fully saturated rings. The van der Waals surface area contributed by atoms with E-state index >= 15 is 0 Å². The molecule has 91 heavy (non-hydrogen) atoms. The Morgan fingerprint density at radius 3 is 0.582 bits per heavy atom. The highest BCUT2D eigenvalue weighted by Crippen LogP contribution is 2.51. The second-order valence-corrected chi connectivity index (χ2v) is 29.1. The molecule has 0 heterocycles. The molecule has 0 N–H and O–H groups in total. The van der Waals surface area contributed by atoms with Gasteiger partial charge in [-0.05, 0) is 50.7 Å². The van der Waals surface area contributed by atoms with Crippen LogP contribution in [0, 0.1) is 0 Å².